The molecule has 0 saturated heterocycles. The molecule has 2 rings (SSSR count). The maximum Gasteiger partial charge on any atom is 0.488 e. The summed E-state index contributed by atoms with van der Waals surface area (Å²) in [4.78, 5) is 10.9. The van der Waals surface area contributed by atoms with Gasteiger partial charge < -0.3 is 19.4 Å². The van der Waals surface area contributed by atoms with E-state index >= 15 is 0 Å². The zero-order chi connectivity index (χ0) is 13.7. The fourth-order valence-electron chi connectivity index (χ4n) is 1.60. The van der Waals surface area contributed by atoms with Crippen molar-refractivity contribution in [3.63, 3.8) is 0 Å². The third kappa shape index (κ3) is 3.98. The second-order valence-corrected chi connectivity index (χ2v) is 4.06. The SMILES string of the molecule is O=c1ccn(CCOc2ccc(B(O)O)cc2)cc1. The van der Waals surface area contributed by atoms with Gasteiger partial charge in [0.1, 0.15) is 12.4 Å². The lowest BCUT2D eigenvalue weighted by Gasteiger charge is -2.09. The van der Waals surface area contributed by atoms with Crippen molar-refractivity contribution in [2.45, 2.75) is 6.54 Å². The molecule has 0 spiro atoms. The smallest absolute Gasteiger partial charge is 0.488 e. The molecule has 1 aromatic heterocycles. The Morgan fingerprint density at radius 3 is 2.26 bits per heavy atom. The number of aromatic nitrogens is 1. The highest BCUT2D eigenvalue weighted by Gasteiger charge is 2.09. The van der Waals surface area contributed by atoms with Crippen LogP contribution in [0.4, 0.5) is 0 Å². The minimum atomic E-state index is -1.46. The van der Waals surface area contributed by atoms with Crippen molar-refractivity contribution in [3.8, 4) is 5.75 Å². The summed E-state index contributed by atoms with van der Waals surface area (Å²) >= 11 is 0. The molecule has 2 N–H and O–H groups in total. The Morgan fingerprint density at radius 1 is 1.05 bits per heavy atom. The molecule has 6 heteroatoms. The largest absolute Gasteiger partial charge is 0.492 e. The zero-order valence-electron chi connectivity index (χ0n) is 10.3. The van der Waals surface area contributed by atoms with Gasteiger partial charge in [-0.2, -0.15) is 0 Å². The lowest BCUT2D eigenvalue weighted by atomic mass is 9.80. The molecule has 0 saturated carbocycles. The molecular formula is C13H14BNO4. The van der Waals surface area contributed by atoms with E-state index < -0.39 is 7.12 Å². The summed E-state index contributed by atoms with van der Waals surface area (Å²) in [6, 6.07) is 9.55. The molecule has 0 amide bonds. The lowest BCUT2D eigenvalue weighted by Crippen LogP contribution is -2.29. The van der Waals surface area contributed by atoms with E-state index in [1.165, 1.54) is 12.1 Å². The number of ether oxygens (including phenoxy) is 1. The fraction of sp³-hybridized carbons (Fsp3) is 0.154. The maximum absolute atomic E-state index is 10.9. The van der Waals surface area contributed by atoms with Gasteiger partial charge in [0.25, 0.3) is 0 Å². The molecule has 5 nitrogen and oxygen atoms in total. The Bertz CT molecular complexity index is 559. The van der Waals surface area contributed by atoms with Gasteiger partial charge in [-0.25, -0.2) is 0 Å². The van der Waals surface area contributed by atoms with Gasteiger partial charge >= 0.3 is 7.12 Å². The van der Waals surface area contributed by atoms with Crippen LogP contribution >= 0.6 is 0 Å². The van der Waals surface area contributed by atoms with Gasteiger partial charge in [0, 0.05) is 24.5 Å². The van der Waals surface area contributed by atoms with E-state index in [0.717, 1.165) is 0 Å². The summed E-state index contributed by atoms with van der Waals surface area (Å²) < 4.78 is 7.37. The third-order valence-electron chi connectivity index (χ3n) is 2.66. The van der Waals surface area contributed by atoms with Gasteiger partial charge in [-0.05, 0) is 17.6 Å². The van der Waals surface area contributed by atoms with Gasteiger partial charge in [0.05, 0.1) is 6.54 Å². The maximum atomic E-state index is 10.9. The number of pyridine rings is 1. The molecule has 0 fully saturated rings. The second kappa shape index (κ2) is 6.22. The van der Waals surface area contributed by atoms with Gasteiger partial charge in [-0.3, -0.25) is 4.79 Å². The van der Waals surface area contributed by atoms with Crippen LogP contribution < -0.4 is 15.6 Å². The third-order valence-corrected chi connectivity index (χ3v) is 2.66. The normalized spacial score (nSPS) is 10.2. The number of hydrogen-bond acceptors (Lipinski definition) is 4. The Balaban J connectivity index is 1.85. The van der Waals surface area contributed by atoms with Crippen LogP contribution in [0.5, 0.6) is 5.75 Å². The summed E-state index contributed by atoms with van der Waals surface area (Å²) in [7, 11) is -1.46. The van der Waals surface area contributed by atoms with E-state index in [0.29, 0.717) is 24.4 Å². The van der Waals surface area contributed by atoms with Crippen molar-refractivity contribution in [1.29, 1.82) is 0 Å². The van der Waals surface area contributed by atoms with E-state index in [-0.39, 0.29) is 5.43 Å². The monoisotopic (exact) mass is 259 g/mol. The zero-order valence-corrected chi connectivity index (χ0v) is 10.3. The minimum Gasteiger partial charge on any atom is -0.492 e. The molecule has 2 aromatic rings. The summed E-state index contributed by atoms with van der Waals surface area (Å²) in [6.45, 7) is 1.09. The van der Waals surface area contributed by atoms with Crippen LogP contribution in [0.2, 0.25) is 0 Å². The Kier molecular flexibility index (Phi) is 4.38. The molecule has 0 bridgehead atoms. The summed E-state index contributed by atoms with van der Waals surface area (Å²) in [5.74, 6) is 0.658. The van der Waals surface area contributed by atoms with Crippen molar-refractivity contribution in [2.24, 2.45) is 0 Å². The standard InChI is InChI=1S/C13H14BNO4/c16-12-5-7-15(8-6-12)9-10-19-13-3-1-11(2-4-13)14(17)18/h1-8,17-18H,9-10H2. The van der Waals surface area contributed by atoms with Crippen LogP contribution in [0.15, 0.2) is 53.6 Å². The summed E-state index contributed by atoms with van der Waals surface area (Å²) in [5, 5.41) is 17.9. The van der Waals surface area contributed by atoms with Crippen LogP contribution in [-0.4, -0.2) is 28.3 Å². The predicted octanol–water partition coefficient (Wildman–Crippen LogP) is -0.393. The molecule has 0 aliphatic carbocycles. The molecule has 0 unspecified atom stereocenters. The van der Waals surface area contributed by atoms with Crippen LogP contribution in [-0.2, 0) is 6.54 Å². The van der Waals surface area contributed by atoms with Crippen molar-refractivity contribution in [1.82, 2.24) is 4.57 Å². The van der Waals surface area contributed by atoms with Gasteiger partial charge in [-0.15, -0.1) is 0 Å². The first-order chi connectivity index (χ1) is 9.15. The Morgan fingerprint density at radius 2 is 1.68 bits per heavy atom. The first-order valence-electron chi connectivity index (χ1n) is 5.90. The first kappa shape index (κ1) is 13.4. The molecule has 0 aliphatic heterocycles. The highest BCUT2D eigenvalue weighted by molar-refractivity contribution is 6.58. The van der Waals surface area contributed by atoms with E-state index in [2.05, 4.69) is 0 Å². The highest BCUT2D eigenvalue weighted by Crippen LogP contribution is 2.07. The average molecular weight is 259 g/mol. The van der Waals surface area contributed by atoms with Crippen LogP contribution in [0.25, 0.3) is 0 Å². The summed E-state index contributed by atoms with van der Waals surface area (Å²) in [6.07, 6.45) is 3.41. The molecule has 19 heavy (non-hydrogen) atoms. The molecule has 0 aliphatic rings. The Labute approximate surface area is 110 Å². The van der Waals surface area contributed by atoms with E-state index in [1.807, 2.05) is 4.57 Å². The van der Waals surface area contributed by atoms with Gasteiger partial charge in [-0.1, -0.05) is 12.1 Å². The Hall–Kier alpha value is -2.05. The molecule has 1 aromatic carbocycles. The second-order valence-electron chi connectivity index (χ2n) is 4.06. The number of hydrogen-bond donors (Lipinski definition) is 2. The molecule has 0 radical (unpaired) electrons. The minimum absolute atomic E-state index is 0.0182. The quantitative estimate of drug-likeness (QED) is 0.717. The number of benzene rings is 1. The topological polar surface area (TPSA) is 71.7 Å². The molecular weight excluding hydrogens is 245 g/mol. The molecule has 98 valence electrons. The number of nitrogens with zero attached hydrogens (tertiary/aromatic N) is 1. The van der Waals surface area contributed by atoms with Crippen LogP contribution in [0.3, 0.4) is 0 Å². The van der Waals surface area contributed by atoms with E-state index in [1.54, 1.807) is 36.7 Å². The molecule has 0 atom stereocenters. The van der Waals surface area contributed by atoms with Crippen molar-refractivity contribution in [2.75, 3.05) is 6.61 Å². The summed E-state index contributed by atoms with van der Waals surface area (Å²) in [5.41, 5.74) is 0.406. The first-order valence-corrected chi connectivity index (χ1v) is 5.90. The van der Waals surface area contributed by atoms with Crippen LogP contribution in [0, 0.1) is 0 Å². The molecule has 1 heterocycles. The van der Waals surface area contributed by atoms with Crippen LogP contribution in [0.1, 0.15) is 0 Å². The van der Waals surface area contributed by atoms with Crippen molar-refractivity contribution >= 4 is 12.6 Å². The highest BCUT2D eigenvalue weighted by atomic mass is 16.5. The number of rotatable bonds is 5. The van der Waals surface area contributed by atoms with E-state index in [4.69, 9.17) is 14.8 Å². The van der Waals surface area contributed by atoms with Gasteiger partial charge in [0.15, 0.2) is 5.43 Å². The predicted molar refractivity (Wildman–Crippen MR) is 72.5 cm³/mol. The van der Waals surface area contributed by atoms with Crippen molar-refractivity contribution < 1.29 is 14.8 Å². The average Bonchev–Trinajstić information content (AvgIpc) is 2.41. The fourth-order valence-corrected chi connectivity index (χ4v) is 1.60. The van der Waals surface area contributed by atoms with E-state index in [9.17, 15) is 4.79 Å². The van der Waals surface area contributed by atoms with Crippen molar-refractivity contribution in [3.05, 3.63) is 59.0 Å². The lowest BCUT2D eigenvalue weighted by molar-refractivity contribution is 0.298. The van der Waals surface area contributed by atoms with Gasteiger partial charge in [0.2, 0.25) is 0 Å².